The number of hydrogen-bond acceptors (Lipinski definition) is 4. The molecule has 1 aliphatic rings. The number of carbonyl (C=O) groups excluding carboxylic acids is 2. The van der Waals surface area contributed by atoms with E-state index in [-0.39, 0.29) is 30.8 Å². The number of hydrogen-bond donors (Lipinski definition) is 2. The lowest BCUT2D eigenvalue weighted by atomic mass is 9.97. The molecule has 2 N–H and O–H groups in total. The number of rotatable bonds is 6. The second-order valence-corrected chi connectivity index (χ2v) is 8.17. The maximum atomic E-state index is 12.7. The fourth-order valence-corrected chi connectivity index (χ4v) is 4.21. The summed E-state index contributed by atoms with van der Waals surface area (Å²) < 4.78 is 63.1. The lowest BCUT2D eigenvalue weighted by Gasteiger charge is -2.30. The van der Waals surface area contributed by atoms with Crippen molar-refractivity contribution >= 4 is 27.5 Å². The quantitative estimate of drug-likeness (QED) is 0.689. The molecule has 0 spiro atoms. The Kier molecular flexibility index (Phi) is 6.83. The molecule has 2 amide bonds. The average Bonchev–Trinajstić information content (AvgIpc) is 2.66. The Labute approximate surface area is 160 Å². The van der Waals surface area contributed by atoms with Crippen LogP contribution in [-0.4, -0.2) is 50.3 Å². The summed E-state index contributed by atoms with van der Waals surface area (Å²) in [4.78, 5) is 23.1. The molecule has 154 valence electrons. The van der Waals surface area contributed by atoms with Crippen molar-refractivity contribution in [3.05, 3.63) is 36.9 Å². The predicted octanol–water partition coefficient (Wildman–Crippen LogP) is 1.89. The number of sulfonamides is 1. The smallest absolute Gasteiger partial charge is 0.347 e. The summed E-state index contributed by atoms with van der Waals surface area (Å²) in [6.07, 6.45) is -3.14. The van der Waals surface area contributed by atoms with Crippen molar-refractivity contribution in [1.29, 1.82) is 0 Å². The summed E-state index contributed by atoms with van der Waals surface area (Å²) in [7, 11) is -3.81. The zero-order valence-electron chi connectivity index (χ0n) is 14.8. The molecule has 0 radical (unpaired) electrons. The molecule has 1 saturated heterocycles. The van der Waals surface area contributed by atoms with Crippen LogP contribution < -0.4 is 10.6 Å². The van der Waals surface area contributed by atoms with E-state index in [1.807, 2.05) is 5.32 Å². The first-order valence-electron chi connectivity index (χ1n) is 8.41. The van der Waals surface area contributed by atoms with Crippen LogP contribution in [0.15, 0.2) is 41.8 Å². The Balaban J connectivity index is 1.96. The molecule has 1 aromatic carbocycles. The first-order chi connectivity index (χ1) is 13.0. The molecule has 1 aromatic rings. The molecule has 0 atom stereocenters. The van der Waals surface area contributed by atoms with E-state index in [1.54, 1.807) is 0 Å². The van der Waals surface area contributed by atoms with Gasteiger partial charge in [-0.3, -0.25) is 9.59 Å². The largest absolute Gasteiger partial charge is 0.405 e. The van der Waals surface area contributed by atoms with Gasteiger partial charge in [0.15, 0.2) is 0 Å². The fraction of sp³-hybridized carbons (Fsp3) is 0.412. The van der Waals surface area contributed by atoms with Crippen molar-refractivity contribution in [3.63, 3.8) is 0 Å². The van der Waals surface area contributed by atoms with Crippen LogP contribution >= 0.6 is 0 Å². The summed E-state index contributed by atoms with van der Waals surface area (Å²) in [6.45, 7) is 1.97. The molecule has 0 aliphatic carbocycles. The third kappa shape index (κ3) is 5.80. The van der Waals surface area contributed by atoms with Crippen molar-refractivity contribution in [2.24, 2.45) is 5.92 Å². The second kappa shape index (κ2) is 8.74. The summed E-state index contributed by atoms with van der Waals surface area (Å²) >= 11 is 0. The van der Waals surface area contributed by atoms with E-state index in [0.717, 1.165) is 6.08 Å². The van der Waals surface area contributed by atoms with E-state index >= 15 is 0 Å². The van der Waals surface area contributed by atoms with Crippen LogP contribution in [0.2, 0.25) is 0 Å². The second-order valence-electron chi connectivity index (χ2n) is 6.23. The minimum absolute atomic E-state index is 0.0177. The molecule has 7 nitrogen and oxygen atoms in total. The molecule has 0 aromatic heterocycles. The molecule has 0 unspecified atom stereocenters. The SMILES string of the molecule is C=CC(=O)Nc1ccc(S(=O)(=O)N2CCC(C(=O)NCC(F)(F)F)CC2)cc1. The van der Waals surface area contributed by atoms with E-state index in [2.05, 4.69) is 11.9 Å². The highest BCUT2D eigenvalue weighted by Crippen LogP contribution is 2.25. The Hall–Kier alpha value is -2.40. The molecule has 2 rings (SSSR count). The van der Waals surface area contributed by atoms with Gasteiger partial charge in [-0.25, -0.2) is 8.42 Å². The molecule has 1 aliphatic heterocycles. The molecule has 11 heteroatoms. The maximum absolute atomic E-state index is 12.7. The van der Waals surface area contributed by atoms with Crippen LogP contribution in [0.25, 0.3) is 0 Å². The summed E-state index contributed by atoms with van der Waals surface area (Å²) in [6, 6.07) is 5.56. The molecule has 1 fully saturated rings. The van der Waals surface area contributed by atoms with Gasteiger partial charge in [0.05, 0.1) is 4.90 Å². The predicted molar refractivity (Wildman–Crippen MR) is 95.8 cm³/mol. The first kappa shape index (κ1) is 21.9. The van der Waals surface area contributed by atoms with Gasteiger partial charge in [0, 0.05) is 24.7 Å². The number of piperidine rings is 1. The lowest BCUT2D eigenvalue weighted by Crippen LogP contribution is -2.44. The molecule has 0 saturated carbocycles. The number of amides is 2. The molecule has 1 heterocycles. The van der Waals surface area contributed by atoms with Gasteiger partial charge in [0.2, 0.25) is 21.8 Å². The number of alkyl halides is 3. The monoisotopic (exact) mass is 419 g/mol. The maximum Gasteiger partial charge on any atom is 0.405 e. The standard InChI is InChI=1S/C17H20F3N3O4S/c1-2-15(24)22-13-3-5-14(6-4-13)28(26,27)23-9-7-12(8-10-23)16(25)21-11-17(18,19)20/h2-6,12H,1,7-11H2,(H,21,25)(H,22,24). The van der Waals surface area contributed by atoms with Gasteiger partial charge in [-0.2, -0.15) is 17.5 Å². The van der Waals surface area contributed by atoms with Crippen LogP contribution in [0.1, 0.15) is 12.8 Å². The number of halogens is 3. The van der Waals surface area contributed by atoms with Crippen molar-refractivity contribution in [1.82, 2.24) is 9.62 Å². The average molecular weight is 419 g/mol. The number of carbonyl (C=O) groups is 2. The Bertz CT molecular complexity index is 830. The Morgan fingerprint density at radius 1 is 1.18 bits per heavy atom. The molecular weight excluding hydrogens is 399 g/mol. The van der Waals surface area contributed by atoms with Crippen molar-refractivity contribution in [3.8, 4) is 0 Å². The van der Waals surface area contributed by atoms with Gasteiger partial charge < -0.3 is 10.6 Å². The highest BCUT2D eigenvalue weighted by Gasteiger charge is 2.34. The molecular formula is C17H20F3N3O4S. The van der Waals surface area contributed by atoms with Gasteiger partial charge in [-0.05, 0) is 43.2 Å². The van der Waals surface area contributed by atoms with Crippen molar-refractivity contribution in [2.45, 2.75) is 23.9 Å². The third-order valence-corrected chi connectivity index (χ3v) is 6.15. The van der Waals surface area contributed by atoms with Crippen LogP contribution in [0, 0.1) is 5.92 Å². The molecule has 28 heavy (non-hydrogen) atoms. The van der Waals surface area contributed by atoms with Gasteiger partial charge >= 0.3 is 6.18 Å². The van der Waals surface area contributed by atoms with Crippen molar-refractivity contribution < 1.29 is 31.2 Å². The highest BCUT2D eigenvalue weighted by molar-refractivity contribution is 7.89. The fourth-order valence-electron chi connectivity index (χ4n) is 2.74. The summed E-state index contributed by atoms with van der Waals surface area (Å²) in [5, 5.41) is 4.33. The lowest BCUT2D eigenvalue weighted by molar-refractivity contribution is -0.141. The van der Waals surface area contributed by atoms with Crippen LogP contribution in [0.4, 0.5) is 18.9 Å². The summed E-state index contributed by atoms with van der Waals surface area (Å²) in [5.74, 6) is -1.82. The van der Waals surface area contributed by atoms with Gasteiger partial charge in [0.1, 0.15) is 6.54 Å². The first-order valence-corrected chi connectivity index (χ1v) is 9.85. The van der Waals surface area contributed by atoms with Gasteiger partial charge in [-0.15, -0.1) is 0 Å². The zero-order valence-corrected chi connectivity index (χ0v) is 15.6. The van der Waals surface area contributed by atoms with Crippen LogP contribution in [0.5, 0.6) is 0 Å². The zero-order chi connectivity index (χ0) is 20.9. The highest BCUT2D eigenvalue weighted by atomic mass is 32.2. The molecule has 0 bridgehead atoms. The number of anilines is 1. The number of nitrogens with zero attached hydrogens (tertiary/aromatic N) is 1. The van der Waals surface area contributed by atoms with Crippen LogP contribution in [0.3, 0.4) is 0 Å². The normalized spacial score (nSPS) is 16.4. The number of nitrogens with one attached hydrogen (secondary N) is 2. The van der Waals surface area contributed by atoms with Crippen molar-refractivity contribution in [2.75, 3.05) is 25.0 Å². The number of benzene rings is 1. The van der Waals surface area contributed by atoms with Gasteiger partial charge in [0.25, 0.3) is 0 Å². The Morgan fingerprint density at radius 3 is 2.25 bits per heavy atom. The van der Waals surface area contributed by atoms with E-state index < -0.39 is 40.5 Å². The third-order valence-electron chi connectivity index (χ3n) is 4.23. The minimum Gasteiger partial charge on any atom is -0.347 e. The Morgan fingerprint density at radius 2 is 1.75 bits per heavy atom. The van der Waals surface area contributed by atoms with E-state index in [0.29, 0.717) is 5.69 Å². The van der Waals surface area contributed by atoms with E-state index in [4.69, 9.17) is 0 Å². The topological polar surface area (TPSA) is 95.6 Å². The minimum atomic E-state index is -4.49. The van der Waals surface area contributed by atoms with E-state index in [9.17, 15) is 31.2 Å². The summed E-state index contributed by atoms with van der Waals surface area (Å²) in [5.41, 5.74) is 0.406. The van der Waals surface area contributed by atoms with E-state index in [1.165, 1.54) is 28.6 Å². The van der Waals surface area contributed by atoms with Gasteiger partial charge in [-0.1, -0.05) is 6.58 Å². The van der Waals surface area contributed by atoms with Crippen LogP contribution in [-0.2, 0) is 19.6 Å².